The molecule has 2 amide bonds. The molecule has 0 radical (unpaired) electrons. The molecule has 3 aromatic carbocycles. The summed E-state index contributed by atoms with van der Waals surface area (Å²) in [5.41, 5.74) is 1.63. The number of aryl methyl sites for hydroxylation is 1. The van der Waals surface area contributed by atoms with Crippen molar-refractivity contribution in [3.8, 4) is 5.75 Å². The second-order valence-corrected chi connectivity index (χ2v) is 14.9. The summed E-state index contributed by atoms with van der Waals surface area (Å²) < 4.78 is 33.8. The first-order chi connectivity index (χ1) is 23.5. The standard InChI is InChI=1S/C38H52N4O6S/c1-5-28(3)38(41-49(46,47)6-2)22-23-42(37(38)45)34(21-20-29-14-9-7-10-15-29)36(44)40-33(25-30-16-11-8-12-17-30)35(43)27-39-26-31-18-13-19-32(24-31)48-4/h7-19,24,28,33-35,39,41,43H,5-6,20-23,25-27H2,1-4H3,(H,40,44)/t28-,33-,34-,35?,38?/m0/s1. The number of amides is 2. The highest BCUT2D eigenvalue weighted by Gasteiger charge is 2.54. The molecule has 49 heavy (non-hydrogen) atoms. The van der Waals surface area contributed by atoms with E-state index in [4.69, 9.17) is 4.74 Å². The molecule has 0 aromatic heterocycles. The van der Waals surface area contributed by atoms with Gasteiger partial charge in [-0.05, 0) is 67.3 Å². The van der Waals surface area contributed by atoms with E-state index in [1.807, 2.05) is 98.8 Å². The van der Waals surface area contributed by atoms with Crippen LogP contribution < -0.4 is 20.1 Å². The number of methoxy groups -OCH3 is 1. The van der Waals surface area contributed by atoms with Crippen LogP contribution in [0, 0.1) is 5.92 Å². The Hall–Kier alpha value is -3.77. The van der Waals surface area contributed by atoms with Crippen LogP contribution in [0.2, 0.25) is 0 Å². The Labute approximate surface area is 291 Å². The number of likely N-dealkylation sites (tertiary alicyclic amines) is 1. The molecular weight excluding hydrogens is 641 g/mol. The van der Waals surface area contributed by atoms with Crippen molar-refractivity contribution < 1.29 is 27.9 Å². The van der Waals surface area contributed by atoms with Crippen LogP contribution in [0.1, 0.15) is 56.7 Å². The van der Waals surface area contributed by atoms with Crippen LogP contribution in [0.15, 0.2) is 84.9 Å². The number of ether oxygens (including phenoxy) is 1. The van der Waals surface area contributed by atoms with Gasteiger partial charge in [-0.3, -0.25) is 9.59 Å². The molecule has 3 aromatic rings. The van der Waals surface area contributed by atoms with E-state index in [9.17, 15) is 23.1 Å². The minimum Gasteiger partial charge on any atom is -0.497 e. The third-order valence-electron chi connectivity index (χ3n) is 9.70. The molecule has 0 saturated carbocycles. The van der Waals surface area contributed by atoms with Crippen LogP contribution in [-0.2, 0) is 39.0 Å². The third kappa shape index (κ3) is 10.1. The summed E-state index contributed by atoms with van der Waals surface area (Å²) in [6.45, 7) is 6.29. The van der Waals surface area contributed by atoms with Gasteiger partial charge in [0.1, 0.15) is 17.3 Å². The van der Waals surface area contributed by atoms with Gasteiger partial charge in [-0.2, -0.15) is 4.72 Å². The van der Waals surface area contributed by atoms with Crippen molar-refractivity contribution in [3.05, 3.63) is 102 Å². The smallest absolute Gasteiger partial charge is 0.244 e. The maximum absolute atomic E-state index is 14.4. The fraction of sp³-hybridized carbons (Fsp3) is 0.474. The van der Waals surface area contributed by atoms with Crippen LogP contribution in [0.5, 0.6) is 5.75 Å². The van der Waals surface area contributed by atoms with E-state index < -0.39 is 33.7 Å². The number of nitrogens with one attached hydrogen (secondary N) is 3. The third-order valence-corrected chi connectivity index (χ3v) is 11.1. The zero-order valence-corrected chi connectivity index (χ0v) is 29.9. The summed E-state index contributed by atoms with van der Waals surface area (Å²) in [5.74, 6) is -0.455. The van der Waals surface area contributed by atoms with Crippen molar-refractivity contribution in [2.75, 3.05) is 26.0 Å². The minimum absolute atomic E-state index is 0.151. The molecule has 266 valence electrons. The fourth-order valence-corrected chi connectivity index (χ4v) is 7.60. The number of hydrogen-bond donors (Lipinski definition) is 4. The molecule has 1 aliphatic heterocycles. The number of rotatable bonds is 19. The number of benzene rings is 3. The Kier molecular flexibility index (Phi) is 13.8. The average Bonchev–Trinajstić information content (AvgIpc) is 3.43. The predicted molar refractivity (Wildman–Crippen MR) is 192 cm³/mol. The maximum atomic E-state index is 14.4. The van der Waals surface area contributed by atoms with Gasteiger partial charge in [-0.25, -0.2) is 8.42 Å². The van der Waals surface area contributed by atoms with E-state index in [1.165, 1.54) is 0 Å². The topological polar surface area (TPSA) is 137 Å². The lowest BCUT2D eigenvalue weighted by Gasteiger charge is -2.36. The van der Waals surface area contributed by atoms with E-state index in [0.29, 0.717) is 32.2 Å². The molecule has 2 unspecified atom stereocenters. The van der Waals surface area contributed by atoms with Crippen molar-refractivity contribution in [3.63, 3.8) is 0 Å². The Bertz CT molecular complexity index is 1610. The summed E-state index contributed by atoms with van der Waals surface area (Å²) in [6.07, 6.45) is 1.14. The van der Waals surface area contributed by atoms with Crippen molar-refractivity contribution in [2.45, 2.75) is 83.1 Å². The molecule has 4 rings (SSSR count). The lowest BCUT2D eigenvalue weighted by Crippen LogP contribution is -2.61. The molecule has 1 fully saturated rings. The maximum Gasteiger partial charge on any atom is 0.244 e. The van der Waals surface area contributed by atoms with Gasteiger partial charge in [0, 0.05) is 19.6 Å². The zero-order valence-electron chi connectivity index (χ0n) is 29.1. The Balaban J connectivity index is 1.59. The Morgan fingerprint density at radius 3 is 2.27 bits per heavy atom. The number of sulfonamides is 1. The van der Waals surface area contributed by atoms with E-state index >= 15 is 0 Å². The molecule has 1 saturated heterocycles. The van der Waals surface area contributed by atoms with Gasteiger partial charge in [0.15, 0.2) is 0 Å². The van der Waals surface area contributed by atoms with Crippen LogP contribution in [0.4, 0.5) is 0 Å². The number of hydrogen-bond acceptors (Lipinski definition) is 7. The van der Waals surface area contributed by atoms with Gasteiger partial charge in [-0.1, -0.05) is 93.1 Å². The lowest BCUT2D eigenvalue weighted by molar-refractivity contribution is -0.142. The highest BCUT2D eigenvalue weighted by Crippen LogP contribution is 2.35. The van der Waals surface area contributed by atoms with Gasteiger partial charge in [-0.15, -0.1) is 0 Å². The molecular formula is C38H52N4O6S. The monoisotopic (exact) mass is 692 g/mol. The molecule has 1 heterocycles. The SMILES string of the molecule is CC[C@H](C)C1(NS(=O)(=O)CC)CCN([C@@H](CCc2ccccc2)C(=O)N[C@@H](Cc2ccccc2)C(O)CNCc2cccc(OC)c2)C1=O. The fourth-order valence-electron chi connectivity index (χ4n) is 6.51. The minimum atomic E-state index is -3.72. The van der Waals surface area contributed by atoms with E-state index in [0.717, 1.165) is 22.4 Å². The normalized spacial score (nSPS) is 18.9. The van der Waals surface area contributed by atoms with Crippen molar-refractivity contribution in [1.29, 1.82) is 0 Å². The lowest BCUT2D eigenvalue weighted by atomic mass is 9.83. The summed E-state index contributed by atoms with van der Waals surface area (Å²) in [4.78, 5) is 30.3. The Morgan fingerprint density at radius 2 is 1.63 bits per heavy atom. The van der Waals surface area contributed by atoms with E-state index in [2.05, 4.69) is 15.4 Å². The summed E-state index contributed by atoms with van der Waals surface area (Å²) >= 11 is 0. The molecule has 10 nitrogen and oxygen atoms in total. The summed E-state index contributed by atoms with van der Waals surface area (Å²) in [7, 11) is -2.10. The second kappa shape index (κ2) is 17.8. The first-order valence-electron chi connectivity index (χ1n) is 17.2. The number of aliphatic hydroxyl groups is 1. The summed E-state index contributed by atoms with van der Waals surface area (Å²) in [5, 5.41) is 17.9. The highest BCUT2D eigenvalue weighted by atomic mass is 32.2. The van der Waals surface area contributed by atoms with Crippen molar-refractivity contribution >= 4 is 21.8 Å². The first-order valence-corrected chi connectivity index (χ1v) is 18.9. The Morgan fingerprint density at radius 1 is 0.980 bits per heavy atom. The first kappa shape index (κ1) is 38.0. The van der Waals surface area contributed by atoms with Crippen LogP contribution in [0.3, 0.4) is 0 Å². The largest absolute Gasteiger partial charge is 0.497 e. The average molecular weight is 693 g/mol. The quantitative estimate of drug-likeness (QED) is 0.150. The summed E-state index contributed by atoms with van der Waals surface area (Å²) in [6, 6.07) is 25.5. The van der Waals surface area contributed by atoms with E-state index in [1.54, 1.807) is 18.9 Å². The molecule has 0 aliphatic carbocycles. The zero-order chi connectivity index (χ0) is 35.4. The highest BCUT2D eigenvalue weighted by molar-refractivity contribution is 7.89. The molecule has 1 aliphatic rings. The molecule has 5 atom stereocenters. The van der Waals surface area contributed by atoms with E-state index in [-0.39, 0.29) is 43.0 Å². The molecule has 0 spiro atoms. The molecule has 4 N–H and O–H groups in total. The molecule has 0 bridgehead atoms. The van der Waals surface area contributed by atoms with Crippen molar-refractivity contribution in [2.24, 2.45) is 5.92 Å². The number of aliphatic hydroxyl groups excluding tert-OH is 1. The van der Waals surface area contributed by atoms with Gasteiger partial charge < -0.3 is 25.4 Å². The molecule has 11 heteroatoms. The van der Waals surface area contributed by atoms with Crippen LogP contribution >= 0.6 is 0 Å². The van der Waals surface area contributed by atoms with Gasteiger partial charge in [0.25, 0.3) is 0 Å². The second-order valence-electron chi connectivity index (χ2n) is 12.9. The van der Waals surface area contributed by atoms with Crippen LogP contribution in [0.25, 0.3) is 0 Å². The number of carbonyl (C=O) groups is 2. The van der Waals surface area contributed by atoms with Gasteiger partial charge in [0.05, 0.1) is 25.0 Å². The van der Waals surface area contributed by atoms with Crippen molar-refractivity contribution in [1.82, 2.24) is 20.3 Å². The van der Waals surface area contributed by atoms with Gasteiger partial charge >= 0.3 is 0 Å². The number of carbonyl (C=O) groups excluding carboxylic acids is 2. The van der Waals surface area contributed by atoms with Gasteiger partial charge in [0.2, 0.25) is 21.8 Å². The predicted octanol–water partition coefficient (Wildman–Crippen LogP) is 3.83. The van der Waals surface area contributed by atoms with Crippen LogP contribution in [-0.4, -0.2) is 79.9 Å². The number of nitrogens with zero attached hydrogens (tertiary/aromatic N) is 1.